The number of guanidine groups is 1. The Kier molecular flexibility index (Phi) is 5.52. The Labute approximate surface area is 131 Å². The summed E-state index contributed by atoms with van der Waals surface area (Å²) in [5.41, 5.74) is 0. The molecule has 1 aliphatic rings. The molecule has 1 unspecified atom stereocenters. The van der Waals surface area contributed by atoms with Gasteiger partial charge in [0.05, 0.1) is 11.5 Å². The Bertz CT molecular complexity index is 484. The molecular formula is C13H19F3N4OS. The van der Waals surface area contributed by atoms with E-state index in [-0.39, 0.29) is 0 Å². The number of rotatable bonds is 3. The van der Waals surface area contributed by atoms with Crippen LogP contribution in [0, 0.1) is 0 Å². The van der Waals surface area contributed by atoms with Crippen molar-refractivity contribution in [2.24, 2.45) is 4.99 Å². The maximum absolute atomic E-state index is 12.3. The third-order valence-electron chi connectivity index (χ3n) is 3.44. The number of nitrogens with zero attached hydrogens (tertiary/aromatic N) is 3. The van der Waals surface area contributed by atoms with Crippen LogP contribution in [0.15, 0.2) is 22.5 Å². The Morgan fingerprint density at radius 3 is 2.59 bits per heavy atom. The number of halogens is 3. The third-order valence-corrected chi connectivity index (χ3v) is 4.37. The maximum Gasteiger partial charge on any atom is 0.416 e. The van der Waals surface area contributed by atoms with Gasteiger partial charge in [0.1, 0.15) is 0 Å². The van der Waals surface area contributed by atoms with Gasteiger partial charge in [-0.15, -0.1) is 11.3 Å². The second kappa shape index (κ2) is 7.19. The first kappa shape index (κ1) is 16.9. The van der Waals surface area contributed by atoms with Crippen LogP contribution in [-0.4, -0.2) is 68.0 Å². The summed E-state index contributed by atoms with van der Waals surface area (Å²) in [4.78, 5) is 8.12. The Hall–Kier alpha value is -1.48. The van der Waals surface area contributed by atoms with Crippen LogP contribution >= 0.6 is 11.3 Å². The molecule has 2 N–H and O–H groups in total. The van der Waals surface area contributed by atoms with Gasteiger partial charge in [-0.05, 0) is 17.5 Å². The second-order valence-corrected chi connectivity index (χ2v) is 5.84. The summed E-state index contributed by atoms with van der Waals surface area (Å²) >= 11 is 1.67. The molecule has 0 spiro atoms. The van der Waals surface area contributed by atoms with Crippen molar-refractivity contribution in [2.75, 3.05) is 44.7 Å². The van der Waals surface area contributed by atoms with Crippen molar-refractivity contribution in [3.63, 3.8) is 0 Å². The molecule has 124 valence electrons. The van der Waals surface area contributed by atoms with E-state index >= 15 is 0 Å². The maximum atomic E-state index is 12.3. The Morgan fingerprint density at radius 1 is 1.41 bits per heavy atom. The average molecular weight is 336 g/mol. The first-order chi connectivity index (χ1) is 10.4. The van der Waals surface area contributed by atoms with Gasteiger partial charge >= 0.3 is 6.18 Å². The zero-order valence-electron chi connectivity index (χ0n) is 12.2. The van der Waals surface area contributed by atoms with Crippen LogP contribution in [0.4, 0.5) is 18.2 Å². The normalized spacial score (nSPS) is 18.5. The molecule has 1 saturated heterocycles. The summed E-state index contributed by atoms with van der Waals surface area (Å²) in [5, 5.41) is 14.8. The smallest absolute Gasteiger partial charge is 0.382 e. The molecule has 1 aromatic rings. The number of nitrogens with one attached hydrogen (secondary N) is 1. The fourth-order valence-electron chi connectivity index (χ4n) is 2.22. The fourth-order valence-corrected chi connectivity index (χ4v) is 3.01. The molecule has 0 bridgehead atoms. The summed E-state index contributed by atoms with van der Waals surface area (Å²) in [6.45, 7) is 2.30. The average Bonchev–Trinajstić information content (AvgIpc) is 3.01. The number of thiophene rings is 1. The lowest BCUT2D eigenvalue weighted by atomic mass is 10.3. The minimum absolute atomic E-state index is 0.383. The van der Waals surface area contributed by atoms with Gasteiger partial charge in [0.15, 0.2) is 12.1 Å². The molecule has 0 aromatic carbocycles. The van der Waals surface area contributed by atoms with Gasteiger partial charge in [0.2, 0.25) is 0 Å². The zero-order chi connectivity index (χ0) is 16.2. The quantitative estimate of drug-likeness (QED) is 0.647. The lowest BCUT2D eigenvalue weighted by Crippen LogP contribution is -2.54. The minimum Gasteiger partial charge on any atom is -0.382 e. The van der Waals surface area contributed by atoms with Gasteiger partial charge in [-0.25, -0.2) is 0 Å². The van der Waals surface area contributed by atoms with Crippen molar-refractivity contribution in [2.45, 2.75) is 12.3 Å². The topological polar surface area (TPSA) is 51.1 Å². The van der Waals surface area contributed by atoms with Crippen LogP contribution in [0.3, 0.4) is 0 Å². The van der Waals surface area contributed by atoms with E-state index in [2.05, 4.69) is 15.2 Å². The van der Waals surface area contributed by atoms with Gasteiger partial charge in [0, 0.05) is 33.2 Å². The molecule has 2 rings (SSSR count). The highest BCUT2D eigenvalue weighted by Crippen LogP contribution is 2.22. The number of piperazine rings is 1. The van der Waals surface area contributed by atoms with E-state index in [1.165, 1.54) is 12.0 Å². The van der Waals surface area contributed by atoms with E-state index < -0.39 is 18.8 Å². The van der Waals surface area contributed by atoms with E-state index in [4.69, 9.17) is 5.11 Å². The molecule has 0 amide bonds. The summed E-state index contributed by atoms with van der Waals surface area (Å²) in [5.74, 6) is 0.383. The van der Waals surface area contributed by atoms with Gasteiger partial charge < -0.3 is 20.2 Å². The number of anilines is 1. The van der Waals surface area contributed by atoms with Crippen LogP contribution in [0.2, 0.25) is 0 Å². The Balaban J connectivity index is 1.83. The standard InChI is InChI=1S/C13H19F3N4OS/c1-17-12(18-9-10(21)13(14,15)16)20-6-4-19(5-7-20)11-3-2-8-22-11/h2-3,8,10,21H,4-7,9H2,1H3,(H,17,18). The fraction of sp³-hybridized carbons (Fsp3) is 0.615. The number of alkyl halides is 3. The lowest BCUT2D eigenvalue weighted by Gasteiger charge is -2.37. The molecule has 1 aromatic heterocycles. The highest BCUT2D eigenvalue weighted by Gasteiger charge is 2.38. The number of aliphatic hydroxyl groups is 1. The summed E-state index contributed by atoms with van der Waals surface area (Å²) < 4.78 is 36.9. The van der Waals surface area contributed by atoms with Crippen molar-refractivity contribution in [3.8, 4) is 0 Å². The van der Waals surface area contributed by atoms with Crippen LogP contribution < -0.4 is 10.2 Å². The summed E-state index contributed by atoms with van der Waals surface area (Å²) in [7, 11) is 1.52. The van der Waals surface area contributed by atoms with Gasteiger partial charge in [-0.2, -0.15) is 13.2 Å². The third kappa shape index (κ3) is 4.26. The number of aliphatic hydroxyl groups excluding tert-OH is 1. The molecule has 0 aliphatic carbocycles. The lowest BCUT2D eigenvalue weighted by molar-refractivity contribution is -0.201. The van der Waals surface area contributed by atoms with E-state index in [9.17, 15) is 13.2 Å². The van der Waals surface area contributed by atoms with Crippen molar-refractivity contribution in [1.29, 1.82) is 0 Å². The van der Waals surface area contributed by atoms with Gasteiger partial charge in [-0.1, -0.05) is 0 Å². The molecule has 1 fully saturated rings. The highest BCUT2D eigenvalue weighted by atomic mass is 32.1. The molecular weight excluding hydrogens is 317 g/mol. The molecule has 1 aliphatic heterocycles. The zero-order valence-corrected chi connectivity index (χ0v) is 13.0. The molecule has 9 heteroatoms. The minimum atomic E-state index is -4.62. The molecule has 2 heterocycles. The number of aliphatic imine (C=N–C) groups is 1. The Morgan fingerprint density at radius 2 is 2.09 bits per heavy atom. The number of hydrogen-bond donors (Lipinski definition) is 2. The molecule has 0 saturated carbocycles. The predicted molar refractivity (Wildman–Crippen MR) is 81.5 cm³/mol. The molecule has 1 atom stereocenters. The SMILES string of the molecule is CN=C(NCC(O)C(F)(F)F)N1CCN(c2cccs2)CC1. The van der Waals surface area contributed by atoms with Gasteiger partial charge in [-0.3, -0.25) is 4.99 Å². The van der Waals surface area contributed by atoms with E-state index in [1.807, 2.05) is 22.4 Å². The van der Waals surface area contributed by atoms with Crippen LogP contribution in [0.5, 0.6) is 0 Å². The first-order valence-electron chi connectivity index (χ1n) is 6.90. The largest absolute Gasteiger partial charge is 0.416 e. The van der Waals surface area contributed by atoms with Crippen LogP contribution in [0.1, 0.15) is 0 Å². The van der Waals surface area contributed by atoms with Crippen LogP contribution in [-0.2, 0) is 0 Å². The van der Waals surface area contributed by atoms with Crippen LogP contribution in [0.25, 0.3) is 0 Å². The summed E-state index contributed by atoms with van der Waals surface area (Å²) in [6, 6.07) is 4.04. The second-order valence-electron chi connectivity index (χ2n) is 4.91. The summed E-state index contributed by atoms with van der Waals surface area (Å²) in [6.07, 6.45) is -7.01. The van der Waals surface area contributed by atoms with Crippen molar-refractivity contribution < 1.29 is 18.3 Å². The van der Waals surface area contributed by atoms with Crippen molar-refractivity contribution in [3.05, 3.63) is 17.5 Å². The van der Waals surface area contributed by atoms with E-state index in [0.717, 1.165) is 13.1 Å². The van der Waals surface area contributed by atoms with Gasteiger partial charge in [0.25, 0.3) is 0 Å². The monoisotopic (exact) mass is 336 g/mol. The van der Waals surface area contributed by atoms with Crippen molar-refractivity contribution in [1.82, 2.24) is 10.2 Å². The van der Waals surface area contributed by atoms with E-state index in [1.54, 1.807) is 11.3 Å². The molecule has 5 nitrogen and oxygen atoms in total. The molecule has 22 heavy (non-hydrogen) atoms. The predicted octanol–water partition coefficient (Wildman–Crippen LogP) is 1.37. The van der Waals surface area contributed by atoms with Crippen molar-refractivity contribution >= 4 is 22.3 Å². The molecule has 0 radical (unpaired) electrons. The first-order valence-corrected chi connectivity index (χ1v) is 7.78. The highest BCUT2D eigenvalue weighted by molar-refractivity contribution is 7.14. The van der Waals surface area contributed by atoms with E-state index in [0.29, 0.717) is 19.0 Å². The number of hydrogen-bond acceptors (Lipinski definition) is 4.